The number of nitrogens with one attached hydrogen (secondary N) is 1. The third kappa shape index (κ3) is 1.69. The maximum absolute atomic E-state index is 12.4. The van der Waals surface area contributed by atoms with Crippen LogP contribution in [0.5, 0.6) is 0 Å². The molecule has 0 fully saturated rings. The summed E-state index contributed by atoms with van der Waals surface area (Å²) in [6.07, 6.45) is 0. The number of fused-ring (bicyclic) bond motifs is 5. The Labute approximate surface area is 122 Å². The van der Waals surface area contributed by atoms with Gasteiger partial charge in [-0.2, -0.15) is 0 Å². The number of hydrogen-bond donors (Lipinski definition) is 1. The summed E-state index contributed by atoms with van der Waals surface area (Å²) >= 11 is 6.00. The van der Waals surface area contributed by atoms with Crippen LogP contribution in [0, 0.1) is 0 Å². The van der Waals surface area contributed by atoms with Gasteiger partial charge in [0.25, 0.3) is 5.56 Å². The first-order chi connectivity index (χ1) is 10.1. The van der Waals surface area contributed by atoms with E-state index < -0.39 is 5.63 Å². The van der Waals surface area contributed by atoms with E-state index in [-0.39, 0.29) is 10.9 Å². The van der Waals surface area contributed by atoms with Crippen molar-refractivity contribution in [1.29, 1.82) is 0 Å². The predicted octanol–water partition coefficient (Wildman–Crippen LogP) is 3.44. The Kier molecular flexibility index (Phi) is 2.43. The Hall–Kier alpha value is -2.59. The van der Waals surface area contributed by atoms with Crippen molar-refractivity contribution in [2.24, 2.45) is 0 Å². The normalized spacial score (nSPS) is 11.5. The number of aromatic nitrogens is 1. The molecule has 1 N–H and O–H groups in total. The number of benzene rings is 2. The number of halogens is 1. The molecule has 21 heavy (non-hydrogen) atoms. The van der Waals surface area contributed by atoms with Gasteiger partial charge in [-0.15, -0.1) is 0 Å². The standard InChI is InChI=1S/C16H8ClNO3/c17-8-5-6-11-10(7-8)14-13(15(19)18-11)9-3-1-2-4-12(9)21-16(14)20/h1-7H,(H,18,19). The molecule has 4 rings (SSSR count). The Balaban J connectivity index is 2.45. The van der Waals surface area contributed by atoms with Gasteiger partial charge in [-0.25, -0.2) is 4.79 Å². The summed E-state index contributed by atoms with van der Waals surface area (Å²) in [7, 11) is 0. The van der Waals surface area contributed by atoms with E-state index in [4.69, 9.17) is 16.0 Å². The number of hydrogen-bond acceptors (Lipinski definition) is 3. The third-order valence-electron chi connectivity index (χ3n) is 3.54. The lowest BCUT2D eigenvalue weighted by molar-refractivity contribution is 0.570. The van der Waals surface area contributed by atoms with E-state index in [0.717, 1.165) is 0 Å². The van der Waals surface area contributed by atoms with Crippen molar-refractivity contribution in [3.63, 3.8) is 0 Å². The lowest BCUT2D eigenvalue weighted by Crippen LogP contribution is -2.12. The summed E-state index contributed by atoms with van der Waals surface area (Å²) in [6.45, 7) is 0. The minimum absolute atomic E-state index is 0.259. The number of para-hydroxylation sites is 1. The van der Waals surface area contributed by atoms with Gasteiger partial charge in [0.05, 0.1) is 10.8 Å². The monoisotopic (exact) mass is 297 g/mol. The molecule has 0 amide bonds. The first kappa shape index (κ1) is 12.2. The molecule has 4 nitrogen and oxygen atoms in total. The molecule has 2 aromatic carbocycles. The molecule has 2 aromatic heterocycles. The van der Waals surface area contributed by atoms with E-state index in [2.05, 4.69) is 4.98 Å². The minimum Gasteiger partial charge on any atom is -0.422 e. The zero-order valence-corrected chi connectivity index (χ0v) is 11.4. The van der Waals surface area contributed by atoms with Crippen LogP contribution in [0.3, 0.4) is 0 Å². The van der Waals surface area contributed by atoms with Crippen LogP contribution in [-0.4, -0.2) is 4.98 Å². The largest absolute Gasteiger partial charge is 0.422 e. The fourth-order valence-corrected chi connectivity index (χ4v) is 2.82. The summed E-state index contributed by atoms with van der Waals surface area (Å²) in [5.41, 5.74) is 0.0901. The molecule has 102 valence electrons. The first-order valence-corrected chi connectivity index (χ1v) is 6.70. The summed E-state index contributed by atoms with van der Waals surface area (Å²) in [5.74, 6) is 0. The Morgan fingerprint density at radius 1 is 0.952 bits per heavy atom. The number of rotatable bonds is 0. The van der Waals surface area contributed by atoms with Gasteiger partial charge in [-0.3, -0.25) is 4.79 Å². The van der Waals surface area contributed by atoms with Crippen molar-refractivity contribution in [3.8, 4) is 0 Å². The lowest BCUT2D eigenvalue weighted by atomic mass is 10.1. The molecule has 0 spiro atoms. The maximum Gasteiger partial charge on any atom is 0.345 e. The Morgan fingerprint density at radius 3 is 2.62 bits per heavy atom. The van der Waals surface area contributed by atoms with E-state index in [0.29, 0.717) is 32.3 Å². The predicted molar refractivity (Wildman–Crippen MR) is 83.1 cm³/mol. The van der Waals surface area contributed by atoms with Crippen molar-refractivity contribution in [2.45, 2.75) is 0 Å². The highest BCUT2D eigenvalue weighted by Crippen LogP contribution is 2.26. The summed E-state index contributed by atoms with van der Waals surface area (Å²) in [4.78, 5) is 27.5. The number of aromatic amines is 1. The van der Waals surface area contributed by atoms with Gasteiger partial charge in [-0.05, 0) is 24.3 Å². The SMILES string of the molecule is O=c1oc2ccccc2c2c(=O)[nH]c3ccc(Cl)cc3c12. The molecule has 0 aliphatic carbocycles. The van der Waals surface area contributed by atoms with Gasteiger partial charge in [0.1, 0.15) is 5.58 Å². The molecular weight excluding hydrogens is 290 g/mol. The van der Waals surface area contributed by atoms with Gasteiger partial charge in [0.15, 0.2) is 0 Å². The molecule has 0 bridgehead atoms. The molecule has 2 heterocycles. The zero-order chi connectivity index (χ0) is 14.6. The highest BCUT2D eigenvalue weighted by Gasteiger charge is 2.14. The van der Waals surface area contributed by atoms with Crippen molar-refractivity contribution < 1.29 is 4.42 Å². The smallest absolute Gasteiger partial charge is 0.345 e. The van der Waals surface area contributed by atoms with Crippen LogP contribution in [0.2, 0.25) is 5.02 Å². The van der Waals surface area contributed by atoms with Crippen LogP contribution in [0.4, 0.5) is 0 Å². The highest BCUT2D eigenvalue weighted by atomic mass is 35.5. The van der Waals surface area contributed by atoms with Crippen molar-refractivity contribution in [3.05, 3.63) is 68.3 Å². The molecule has 0 aliphatic rings. The fourth-order valence-electron chi connectivity index (χ4n) is 2.65. The van der Waals surface area contributed by atoms with Crippen LogP contribution < -0.4 is 11.2 Å². The van der Waals surface area contributed by atoms with Gasteiger partial charge < -0.3 is 9.40 Å². The van der Waals surface area contributed by atoms with Gasteiger partial charge >= 0.3 is 5.63 Å². The Bertz CT molecular complexity index is 1140. The van der Waals surface area contributed by atoms with Crippen LogP contribution in [0.15, 0.2) is 56.5 Å². The topological polar surface area (TPSA) is 63.1 Å². The maximum atomic E-state index is 12.4. The van der Waals surface area contributed by atoms with Gasteiger partial charge in [0.2, 0.25) is 0 Å². The Morgan fingerprint density at radius 2 is 1.76 bits per heavy atom. The quantitative estimate of drug-likeness (QED) is 0.399. The molecule has 0 unspecified atom stereocenters. The second-order valence-corrected chi connectivity index (χ2v) is 5.22. The van der Waals surface area contributed by atoms with E-state index in [1.165, 1.54) is 0 Å². The van der Waals surface area contributed by atoms with Crippen molar-refractivity contribution >= 4 is 44.2 Å². The average Bonchev–Trinajstić information content (AvgIpc) is 2.47. The highest BCUT2D eigenvalue weighted by molar-refractivity contribution is 6.31. The summed E-state index contributed by atoms with van der Waals surface area (Å²) in [5, 5.41) is 2.27. The van der Waals surface area contributed by atoms with Gasteiger partial charge in [-0.1, -0.05) is 29.8 Å². The number of H-pyrrole nitrogens is 1. The third-order valence-corrected chi connectivity index (χ3v) is 3.77. The van der Waals surface area contributed by atoms with Crippen LogP contribution in [0.25, 0.3) is 32.6 Å². The first-order valence-electron chi connectivity index (χ1n) is 6.32. The van der Waals surface area contributed by atoms with Crippen molar-refractivity contribution in [2.75, 3.05) is 0 Å². The molecule has 0 saturated carbocycles. The molecule has 5 heteroatoms. The lowest BCUT2D eigenvalue weighted by Gasteiger charge is -2.05. The second-order valence-electron chi connectivity index (χ2n) is 4.78. The van der Waals surface area contributed by atoms with Crippen LogP contribution >= 0.6 is 11.6 Å². The summed E-state index contributed by atoms with van der Waals surface area (Å²) < 4.78 is 5.33. The average molecular weight is 298 g/mol. The molecule has 0 aliphatic heterocycles. The molecular formula is C16H8ClNO3. The van der Waals surface area contributed by atoms with E-state index >= 15 is 0 Å². The van der Waals surface area contributed by atoms with Crippen LogP contribution in [-0.2, 0) is 0 Å². The van der Waals surface area contributed by atoms with Crippen molar-refractivity contribution in [1.82, 2.24) is 4.98 Å². The van der Waals surface area contributed by atoms with E-state index in [9.17, 15) is 9.59 Å². The van der Waals surface area contributed by atoms with Gasteiger partial charge in [0, 0.05) is 21.3 Å². The van der Waals surface area contributed by atoms with E-state index in [1.54, 1.807) is 42.5 Å². The molecule has 0 saturated heterocycles. The fraction of sp³-hybridized carbons (Fsp3) is 0. The summed E-state index contributed by atoms with van der Waals surface area (Å²) in [6, 6.07) is 12.0. The van der Waals surface area contributed by atoms with Crippen LogP contribution in [0.1, 0.15) is 0 Å². The minimum atomic E-state index is -0.540. The van der Waals surface area contributed by atoms with E-state index in [1.807, 2.05) is 0 Å². The molecule has 4 aromatic rings. The molecule has 0 radical (unpaired) electrons. The zero-order valence-electron chi connectivity index (χ0n) is 10.6. The second kappa shape index (κ2) is 4.20. The molecule has 0 atom stereocenters. The number of pyridine rings is 1.